The molecule has 1 aliphatic rings. The van der Waals surface area contributed by atoms with Gasteiger partial charge in [-0.2, -0.15) is 0 Å². The summed E-state index contributed by atoms with van der Waals surface area (Å²) in [5.74, 6) is -1.83. The van der Waals surface area contributed by atoms with Crippen molar-refractivity contribution >= 4 is 28.8 Å². The summed E-state index contributed by atoms with van der Waals surface area (Å²) in [5.41, 5.74) is -1.59. The zero-order valence-electron chi connectivity index (χ0n) is 14.5. The Kier molecular flexibility index (Phi) is 4.79. The lowest BCUT2D eigenvalue weighted by Gasteiger charge is -2.28. The Morgan fingerprint density at radius 3 is 2.27 bits per heavy atom. The summed E-state index contributed by atoms with van der Waals surface area (Å²) in [7, 11) is 0. The van der Waals surface area contributed by atoms with Crippen molar-refractivity contribution in [1.29, 1.82) is 0 Å². The number of alkyl carbamates (subject to hydrolysis) is 1. The van der Waals surface area contributed by atoms with Crippen LogP contribution in [0.5, 0.6) is 0 Å². The molecule has 1 aliphatic heterocycles. The van der Waals surface area contributed by atoms with Crippen LogP contribution in [-0.2, 0) is 23.8 Å². The molecule has 3 rings (SSSR count). The Morgan fingerprint density at radius 2 is 1.65 bits per heavy atom. The van der Waals surface area contributed by atoms with Crippen molar-refractivity contribution in [3.63, 3.8) is 0 Å². The van der Waals surface area contributed by atoms with Gasteiger partial charge in [-0.25, -0.2) is 14.4 Å². The molecule has 2 aromatic carbocycles. The molecule has 1 fully saturated rings. The zero-order chi connectivity index (χ0) is 18.7. The van der Waals surface area contributed by atoms with Crippen LogP contribution in [0.1, 0.15) is 25.5 Å². The number of fused-ring (bicyclic) bond motifs is 1. The second-order valence-electron chi connectivity index (χ2n) is 5.77. The van der Waals surface area contributed by atoms with Crippen LogP contribution >= 0.6 is 0 Å². The largest absolute Gasteiger partial charge is 0.464 e. The van der Waals surface area contributed by atoms with Crippen molar-refractivity contribution < 1.29 is 28.6 Å². The van der Waals surface area contributed by atoms with E-state index >= 15 is 0 Å². The number of esters is 2. The summed E-state index contributed by atoms with van der Waals surface area (Å²) >= 11 is 0. The van der Waals surface area contributed by atoms with Gasteiger partial charge >= 0.3 is 18.0 Å². The summed E-state index contributed by atoms with van der Waals surface area (Å²) in [6.07, 6.45) is -2.08. The highest BCUT2D eigenvalue weighted by Gasteiger charge is 2.63. The van der Waals surface area contributed by atoms with E-state index in [2.05, 4.69) is 5.32 Å². The minimum absolute atomic E-state index is 0.0420. The maximum absolute atomic E-state index is 12.7. The van der Waals surface area contributed by atoms with Gasteiger partial charge in [0.15, 0.2) is 6.10 Å². The maximum atomic E-state index is 12.7. The molecule has 1 saturated heterocycles. The minimum atomic E-state index is -2.08. The molecule has 0 aromatic heterocycles. The molecule has 7 nitrogen and oxygen atoms in total. The molecule has 0 spiro atoms. The van der Waals surface area contributed by atoms with E-state index in [0.29, 0.717) is 5.56 Å². The van der Waals surface area contributed by atoms with Crippen LogP contribution in [0.3, 0.4) is 0 Å². The SMILES string of the molecule is CCOC(=O)C1(C(=O)OCC)NC(=O)O[C@H]1c1ccc2ccccc2c1. The van der Waals surface area contributed by atoms with E-state index < -0.39 is 29.7 Å². The van der Waals surface area contributed by atoms with Crippen molar-refractivity contribution in [3.05, 3.63) is 48.0 Å². The lowest BCUT2D eigenvalue weighted by atomic mass is 9.87. The first-order valence-electron chi connectivity index (χ1n) is 8.34. The minimum Gasteiger partial charge on any atom is -0.464 e. The van der Waals surface area contributed by atoms with E-state index in [0.717, 1.165) is 10.8 Å². The number of hydrogen-bond acceptors (Lipinski definition) is 6. The van der Waals surface area contributed by atoms with E-state index in [1.165, 1.54) is 0 Å². The third-order valence-electron chi connectivity index (χ3n) is 4.19. The third kappa shape index (κ3) is 2.85. The number of nitrogens with one attached hydrogen (secondary N) is 1. The Bertz CT molecular complexity index is 844. The fourth-order valence-corrected chi connectivity index (χ4v) is 3.03. The quantitative estimate of drug-likeness (QED) is 0.502. The van der Waals surface area contributed by atoms with Crippen LogP contribution in [0.15, 0.2) is 42.5 Å². The number of carbonyl (C=O) groups is 3. The first-order chi connectivity index (χ1) is 12.5. The molecule has 1 atom stereocenters. The zero-order valence-corrected chi connectivity index (χ0v) is 14.5. The Balaban J connectivity index is 2.12. The highest BCUT2D eigenvalue weighted by Crippen LogP contribution is 2.38. The summed E-state index contributed by atoms with van der Waals surface area (Å²) in [6.45, 7) is 3.30. The molecule has 2 aromatic rings. The topological polar surface area (TPSA) is 90.9 Å². The first-order valence-corrected chi connectivity index (χ1v) is 8.34. The van der Waals surface area contributed by atoms with Gasteiger partial charge in [0.2, 0.25) is 0 Å². The molecular formula is C19H19NO6. The smallest absolute Gasteiger partial charge is 0.409 e. The summed E-state index contributed by atoms with van der Waals surface area (Å²) in [4.78, 5) is 37.3. The predicted octanol–water partition coefficient (Wildman–Crippen LogP) is 2.49. The van der Waals surface area contributed by atoms with Crippen LogP contribution in [0.25, 0.3) is 10.8 Å². The second kappa shape index (κ2) is 7.03. The van der Waals surface area contributed by atoms with E-state index in [1.807, 2.05) is 30.3 Å². The number of rotatable bonds is 5. The predicted molar refractivity (Wildman–Crippen MR) is 92.3 cm³/mol. The molecule has 26 heavy (non-hydrogen) atoms. The third-order valence-corrected chi connectivity index (χ3v) is 4.19. The Labute approximate surface area is 150 Å². The van der Waals surface area contributed by atoms with E-state index in [-0.39, 0.29) is 13.2 Å². The van der Waals surface area contributed by atoms with Crippen molar-refractivity contribution in [1.82, 2.24) is 5.32 Å². The molecule has 1 heterocycles. The number of hydrogen-bond donors (Lipinski definition) is 1. The van der Waals surface area contributed by atoms with Crippen LogP contribution < -0.4 is 5.32 Å². The van der Waals surface area contributed by atoms with Crippen LogP contribution in [0.4, 0.5) is 4.79 Å². The van der Waals surface area contributed by atoms with Gasteiger partial charge in [-0.3, -0.25) is 5.32 Å². The van der Waals surface area contributed by atoms with Crippen LogP contribution in [0.2, 0.25) is 0 Å². The summed E-state index contributed by atoms with van der Waals surface area (Å²) in [5, 5.41) is 4.18. The Morgan fingerprint density at radius 1 is 1.04 bits per heavy atom. The number of benzene rings is 2. The highest BCUT2D eigenvalue weighted by atomic mass is 16.6. The lowest BCUT2D eigenvalue weighted by molar-refractivity contribution is -0.168. The van der Waals surface area contributed by atoms with Gasteiger partial charge in [0.25, 0.3) is 5.54 Å². The van der Waals surface area contributed by atoms with Gasteiger partial charge in [0.05, 0.1) is 13.2 Å². The highest BCUT2D eigenvalue weighted by molar-refractivity contribution is 6.10. The molecule has 0 radical (unpaired) electrons. The fourth-order valence-electron chi connectivity index (χ4n) is 3.03. The van der Waals surface area contributed by atoms with Crippen molar-refractivity contribution in [2.45, 2.75) is 25.5 Å². The van der Waals surface area contributed by atoms with Crippen LogP contribution in [-0.4, -0.2) is 36.8 Å². The number of ether oxygens (including phenoxy) is 3. The van der Waals surface area contributed by atoms with E-state index in [4.69, 9.17) is 14.2 Å². The van der Waals surface area contributed by atoms with Crippen molar-refractivity contribution in [3.8, 4) is 0 Å². The molecule has 136 valence electrons. The maximum Gasteiger partial charge on any atom is 0.409 e. The van der Waals surface area contributed by atoms with Gasteiger partial charge in [-0.1, -0.05) is 36.4 Å². The van der Waals surface area contributed by atoms with Crippen LogP contribution in [0, 0.1) is 0 Å². The normalized spacial score (nSPS) is 18.1. The van der Waals surface area contributed by atoms with Gasteiger partial charge in [-0.05, 0) is 36.2 Å². The number of amides is 1. The van der Waals surface area contributed by atoms with E-state index in [9.17, 15) is 14.4 Å². The van der Waals surface area contributed by atoms with Gasteiger partial charge in [0, 0.05) is 0 Å². The average molecular weight is 357 g/mol. The molecule has 1 N–H and O–H groups in total. The number of carbonyl (C=O) groups excluding carboxylic acids is 3. The van der Waals surface area contributed by atoms with Crippen molar-refractivity contribution in [2.75, 3.05) is 13.2 Å². The standard InChI is InChI=1S/C19H19NO6/c1-3-24-16(21)19(17(22)25-4-2)15(26-18(23)20-19)14-10-9-12-7-5-6-8-13(12)11-14/h5-11,15H,3-4H2,1-2H3,(H,20,23)/t15-/m0/s1. The van der Waals surface area contributed by atoms with Crippen molar-refractivity contribution in [2.24, 2.45) is 0 Å². The van der Waals surface area contributed by atoms with Gasteiger partial charge in [0.1, 0.15) is 0 Å². The number of cyclic esters (lactones) is 1. The molecule has 0 bridgehead atoms. The summed E-state index contributed by atoms with van der Waals surface area (Å²) in [6, 6.07) is 12.9. The molecule has 0 aliphatic carbocycles. The van der Waals surface area contributed by atoms with Gasteiger partial charge < -0.3 is 14.2 Å². The Hall–Kier alpha value is -3.09. The molecule has 0 unspecified atom stereocenters. The second-order valence-corrected chi connectivity index (χ2v) is 5.77. The van der Waals surface area contributed by atoms with Gasteiger partial charge in [-0.15, -0.1) is 0 Å². The molecule has 1 amide bonds. The lowest BCUT2D eigenvalue weighted by Crippen LogP contribution is -2.59. The van der Waals surface area contributed by atoms with E-state index in [1.54, 1.807) is 26.0 Å². The molecule has 0 saturated carbocycles. The summed E-state index contributed by atoms with van der Waals surface area (Å²) < 4.78 is 15.4. The average Bonchev–Trinajstić information content (AvgIpc) is 3.00. The molecule has 7 heteroatoms. The monoisotopic (exact) mass is 357 g/mol. The molecular weight excluding hydrogens is 338 g/mol. The first kappa shape index (κ1) is 17.7. The fraction of sp³-hybridized carbons (Fsp3) is 0.316.